The zero-order valence-electron chi connectivity index (χ0n) is 18.3. The molecule has 0 spiro atoms. The molecule has 1 aromatic rings. The van der Waals surface area contributed by atoms with E-state index in [1.165, 1.54) is 30.5 Å². The molecule has 7 nitrogen and oxygen atoms in total. The highest BCUT2D eigenvalue weighted by Crippen LogP contribution is 2.28. The number of hydrogen-bond acceptors (Lipinski definition) is 5. The fraction of sp³-hybridized carbons (Fsp3) is 0.391. The number of aromatic hydroxyl groups is 1. The molecule has 0 saturated carbocycles. The first-order valence-corrected chi connectivity index (χ1v) is 10.4. The number of aliphatic imine (C=N–C) groups is 1. The summed E-state index contributed by atoms with van der Waals surface area (Å²) in [5, 5.41) is 13.2. The molecule has 1 aromatic heterocycles. The van der Waals surface area contributed by atoms with Crippen molar-refractivity contribution in [3.63, 3.8) is 0 Å². The first-order valence-electron chi connectivity index (χ1n) is 10.4. The lowest BCUT2D eigenvalue weighted by atomic mass is 10.0. The van der Waals surface area contributed by atoms with Gasteiger partial charge in [0.25, 0.3) is 5.91 Å². The molecular weight excluding hydrogens is 397 g/mol. The minimum absolute atomic E-state index is 0.131. The van der Waals surface area contributed by atoms with Crippen LogP contribution in [0.15, 0.2) is 52.3 Å². The van der Waals surface area contributed by atoms with Crippen LogP contribution in [0.3, 0.4) is 0 Å². The van der Waals surface area contributed by atoms with E-state index in [0.29, 0.717) is 29.1 Å². The number of carbonyl (C=O) groups excluding carboxylic acids is 1. The molecule has 2 aliphatic rings. The van der Waals surface area contributed by atoms with Crippen molar-refractivity contribution in [3.05, 3.63) is 58.7 Å². The molecule has 0 aromatic carbocycles. The van der Waals surface area contributed by atoms with Crippen molar-refractivity contribution in [2.75, 3.05) is 46.3 Å². The van der Waals surface area contributed by atoms with Crippen molar-refractivity contribution >= 4 is 17.7 Å². The summed E-state index contributed by atoms with van der Waals surface area (Å²) in [5.74, 6) is -0.731. The monoisotopic (exact) mass is 427 g/mol. The van der Waals surface area contributed by atoms with Gasteiger partial charge < -0.3 is 20.3 Å². The molecule has 0 unspecified atom stereocenters. The third-order valence-electron chi connectivity index (χ3n) is 5.51. The Balaban J connectivity index is 1.73. The van der Waals surface area contributed by atoms with Crippen LogP contribution in [0.4, 0.5) is 4.39 Å². The van der Waals surface area contributed by atoms with Gasteiger partial charge in [0.1, 0.15) is 5.82 Å². The van der Waals surface area contributed by atoms with E-state index in [9.17, 15) is 14.3 Å². The topological polar surface area (TPSA) is 84.0 Å². The van der Waals surface area contributed by atoms with Crippen molar-refractivity contribution in [1.82, 2.24) is 20.1 Å². The van der Waals surface area contributed by atoms with Crippen LogP contribution in [0, 0.1) is 5.82 Å². The molecule has 1 saturated heterocycles. The second kappa shape index (κ2) is 10.4. The number of amides is 1. The first-order chi connectivity index (χ1) is 14.8. The van der Waals surface area contributed by atoms with E-state index in [4.69, 9.17) is 0 Å². The van der Waals surface area contributed by atoms with Crippen LogP contribution in [0.25, 0.3) is 6.08 Å². The highest BCUT2D eigenvalue weighted by Gasteiger charge is 2.24. The quantitative estimate of drug-likeness (QED) is 0.674. The molecule has 166 valence electrons. The number of H-pyrrole nitrogens is 1. The number of aromatic nitrogens is 1. The molecular formula is C23H30FN5O2. The predicted octanol–water partition coefficient (Wildman–Crippen LogP) is 2.48. The summed E-state index contributed by atoms with van der Waals surface area (Å²) in [6.07, 6.45) is 3.07. The van der Waals surface area contributed by atoms with Gasteiger partial charge in [0, 0.05) is 51.0 Å². The average molecular weight is 428 g/mol. The van der Waals surface area contributed by atoms with Crippen LogP contribution in [0.5, 0.6) is 5.88 Å². The Kier molecular flexibility index (Phi) is 7.59. The van der Waals surface area contributed by atoms with Gasteiger partial charge in [0.05, 0.1) is 17.0 Å². The summed E-state index contributed by atoms with van der Waals surface area (Å²) in [6, 6.07) is 5.46. The van der Waals surface area contributed by atoms with Crippen LogP contribution >= 0.6 is 0 Å². The van der Waals surface area contributed by atoms with Crippen LogP contribution in [-0.2, 0) is 4.79 Å². The van der Waals surface area contributed by atoms with Crippen molar-refractivity contribution in [3.8, 4) is 5.88 Å². The highest BCUT2D eigenvalue weighted by molar-refractivity contribution is 6.24. The fourth-order valence-corrected chi connectivity index (χ4v) is 3.60. The highest BCUT2D eigenvalue weighted by atomic mass is 19.1. The molecule has 2 aliphatic heterocycles. The lowest BCUT2D eigenvalue weighted by Crippen LogP contribution is -2.47. The fourth-order valence-electron chi connectivity index (χ4n) is 3.60. The summed E-state index contributed by atoms with van der Waals surface area (Å²) >= 11 is 0. The molecule has 0 atom stereocenters. The summed E-state index contributed by atoms with van der Waals surface area (Å²) in [5.41, 5.74) is 2.79. The molecule has 0 radical (unpaired) electrons. The number of nitrogens with one attached hydrogen (secondary N) is 2. The van der Waals surface area contributed by atoms with E-state index in [0.717, 1.165) is 38.3 Å². The third-order valence-corrected chi connectivity index (χ3v) is 5.51. The van der Waals surface area contributed by atoms with E-state index >= 15 is 0 Å². The third kappa shape index (κ3) is 6.02. The molecule has 1 amide bonds. The molecule has 31 heavy (non-hydrogen) atoms. The van der Waals surface area contributed by atoms with Gasteiger partial charge in [-0.05, 0) is 56.8 Å². The number of halogens is 1. The number of hydrogen-bond donors (Lipinski definition) is 3. The van der Waals surface area contributed by atoms with Crippen molar-refractivity contribution in [2.24, 2.45) is 4.99 Å². The number of likely N-dealkylation sites (N-methyl/N-ethyl adjacent to an activating group) is 1. The number of piperazine rings is 1. The van der Waals surface area contributed by atoms with Crippen molar-refractivity contribution < 1.29 is 14.3 Å². The number of rotatable bonds is 5. The van der Waals surface area contributed by atoms with Gasteiger partial charge in [0.2, 0.25) is 0 Å². The zero-order chi connectivity index (χ0) is 22.4. The van der Waals surface area contributed by atoms with Gasteiger partial charge in [0.15, 0.2) is 5.88 Å². The average Bonchev–Trinajstić information content (AvgIpc) is 3.05. The molecule has 3 rings (SSSR count). The molecule has 3 N–H and O–H groups in total. The Morgan fingerprint density at radius 3 is 2.74 bits per heavy atom. The largest absolute Gasteiger partial charge is 0.494 e. The molecule has 3 heterocycles. The normalized spacial score (nSPS) is 18.8. The SMILES string of the molecule is CC1=N/C(=C\c2ccc(F)ccc[nH]c2O)C(C)=C1C(=O)NCCN1CCN(C)CC1. The number of aromatic amines is 1. The first kappa shape index (κ1) is 22.7. The molecule has 1 fully saturated rings. The van der Waals surface area contributed by atoms with Gasteiger partial charge >= 0.3 is 0 Å². The number of nitrogens with zero attached hydrogens (tertiary/aromatic N) is 3. The van der Waals surface area contributed by atoms with Gasteiger partial charge in [-0.25, -0.2) is 4.39 Å². The van der Waals surface area contributed by atoms with Gasteiger partial charge in [-0.1, -0.05) is 0 Å². The Morgan fingerprint density at radius 1 is 1.26 bits per heavy atom. The molecule has 0 bridgehead atoms. The van der Waals surface area contributed by atoms with Crippen LogP contribution in [-0.4, -0.2) is 77.8 Å². The Bertz CT molecular complexity index is 970. The Morgan fingerprint density at radius 2 is 2.00 bits per heavy atom. The van der Waals surface area contributed by atoms with Crippen molar-refractivity contribution in [1.29, 1.82) is 0 Å². The van der Waals surface area contributed by atoms with Gasteiger partial charge in [-0.3, -0.25) is 14.7 Å². The zero-order valence-corrected chi connectivity index (χ0v) is 18.3. The maximum atomic E-state index is 13.7. The standard InChI is InChI=1S/C23H30FN5O2/c1-16-20(15-18-6-7-19(24)5-4-8-25-22(18)30)27-17(2)21(16)23(31)26-9-10-29-13-11-28(3)12-14-29/h4-8,15,25,30H,9-14H2,1-3H3,(H,26,31)/b7-6?,8-4?,19-5?,20-15-,22-18?. The lowest BCUT2D eigenvalue weighted by molar-refractivity contribution is -0.117. The molecule has 0 aliphatic carbocycles. The maximum Gasteiger partial charge on any atom is 0.253 e. The number of carbonyl (C=O) groups is 1. The number of allylic oxidation sites excluding steroid dienone is 1. The summed E-state index contributed by atoms with van der Waals surface area (Å²) in [7, 11) is 2.12. The van der Waals surface area contributed by atoms with Crippen LogP contribution in [0.2, 0.25) is 0 Å². The van der Waals surface area contributed by atoms with Crippen LogP contribution < -0.4 is 5.32 Å². The summed E-state index contributed by atoms with van der Waals surface area (Å²) in [6.45, 7) is 9.09. The maximum absolute atomic E-state index is 13.7. The molecule has 8 heteroatoms. The van der Waals surface area contributed by atoms with E-state index in [1.807, 2.05) is 6.92 Å². The van der Waals surface area contributed by atoms with Crippen molar-refractivity contribution in [2.45, 2.75) is 13.8 Å². The second-order valence-electron chi connectivity index (χ2n) is 7.82. The predicted molar refractivity (Wildman–Crippen MR) is 121 cm³/mol. The summed E-state index contributed by atoms with van der Waals surface area (Å²) < 4.78 is 13.7. The lowest BCUT2D eigenvalue weighted by Gasteiger charge is -2.32. The van der Waals surface area contributed by atoms with Gasteiger partial charge in [-0.2, -0.15) is 0 Å². The van der Waals surface area contributed by atoms with Gasteiger partial charge in [-0.15, -0.1) is 0 Å². The van der Waals surface area contributed by atoms with E-state index in [-0.39, 0.29) is 11.8 Å². The second-order valence-corrected chi connectivity index (χ2v) is 7.82. The van der Waals surface area contributed by atoms with E-state index < -0.39 is 5.82 Å². The summed E-state index contributed by atoms with van der Waals surface area (Å²) in [4.78, 5) is 24.6. The minimum Gasteiger partial charge on any atom is -0.494 e. The van der Waals surface area contributed by atoms with Crippen LogP contribution in [0.1, 0.15) is 19.4 Å². The van der Waals surface area contributed by atoms with E-state index in [2.05, 4.69) is 32.1 Å². The Hall–Kier alpha value is -2.97. The van der Waals surface area contributed by atoms with E-state index in [1.54, 1.807) is 13.0 Å². The Labute approximate surface area is 182 Å². The smallest absolute Gasteiger partial charge is 0.253 e. The minimum atomic E-state index is -0.442.